The first-order valence-corrected chi connectivity index (χ1v) is 10.7. The number of para-hydroxylation sites is 1. The van der Waals surface area contributed by atoms with Gasteiger partial charge in [0, 0.05) is 13.0 Å². The van der Waals surface area contributed by atoms with Crippen molar-refractivity contribution < 1.29 is 22.8 Å². The summed E-state index contributed by atoms with van der Waals surface area (Å²) in [5.41, 5.74) is 0.800. The summed E-state index contributed by atoms with van der Waals surface area (Å²) in [5.74, 6) is -0.956. The molecule has 0 bridgehead atoms. The highest BCUT2D eigenvalue weighted by Crippen LogP contribution is 2.35. The molecular weight excluding hydrogens is 445 g/mol. The molecule has 1 aliphatic rings. The van der Waals surface area contributed by atoms with Crippen LogP contribution in [0.3, 0.4) is 0 Å². The van der Waals surface area contributed by atoms with Gasteiger partial charge in [0.25, 0.3) is 5.91 Å². The first-order valence-electron chi connectivity index (χ1n) is 9.49. The molecule has 0 radical (unpaired) electrons. The van der Waals surface area contributed by atoms with Gasteiger partial charge >= 0.3 is 6.18 Å². The van der Waals surface area contributed by atoms with Gasteiger partial charge in [-0.2, -0.15) is 13.2 Å². The number of hydrogen-bond acceptors (Lipinski definition) is 4. The number of alkyl halides is 3. The van der Waals surface area contributed by atoms with E-state index in [-0.39, 0.29) is 24.6 Å². The third kappa shape index (κ3) is 5.74. The second kappa shape index (κ2) is 9.65. The van der Waals surface area contributed by atoms with Gasteiger partial charge in [-0.05, 0) is 35.8 Å². The molecule has 4 nitrogen and oxygen atoms in total. The number of carbonyl (C=O) groups is 2. The second-order valence-electron chi connectivity index (χ2n) is 6.77. The Hall–Kier alpha value is -2.65. The van der Waals surface area contributed by atoms with E-state index in [1.807, 2.05) is 24.3 Å². The van der Waals surface area contributed by atoms with E-state index >= 15 is 0 Å². The molecule has 3 rings (SSSR count). The van der Waals surface area contributed by atoms with Crippen LogP contribution in [0.15, 0.2) is 53.4 Å². The largest absolute Gasteiger partial charge is 0.418 e. The molecule has 0 aromatic heterocycles. The smallest absolute Gasteiger partial charge is 0.325 e. The minimum atomic E-state index is -4.58. The second-order valence-corrected chi connectivity index (χ2v) is 8.45. The van der Waals surface area contributed by atoms with Gasteiger partial charge in [0.2, 0.25) is 5.91 Å². The van der Waals surface area contributed by atoms with Crippen molar-refractivity contribution in [1.29, 1.82) is 0 Å². The van der Waals surface area contributed by atoms with Crippen LogP contribution in [0, 0.1) is 0 Å². The topological polar surface area (TPSA) is 49.4 Å². The monoisotopic (exact) mass is 464 g/mol. The summed E-state index contributed by atoms with van der Waals surface area (Å²) in [5, 5.41) is 2.27. The van der Waals surface area contributed by atoms with Crippen molar-refractivity contribution >= 4 is 51.9 Å². The molecule has 0 atom stereocenters. The maximum absolute atomic E-state index is 13.1. The number of aryl methyl sites for hydroxylation is 1. The highest BCUT2D eigenvalue weighted by molar-refractivity contribution is 8.26. The Balaban J connectivity index is 1.63. The molecule has 0 spiro atoms. The van der Waals surface area contributed by atoms with Crippen LogP contribution >= 0.6 is 24.0 Å². The van der Waals surface area contributed by atoms with Crippen LogP contribution in [0.4, 0.5) is 18.9 Å². The highest BCUT2D eigenvalue weighted by atomic mass is 32.2. The standard InChI is InChI=1S/C22H19F3N2O2S2/c1-2-14-7-9-15(10-8-14)13-18-20(29)27(21(30)31-18)12-11-19(28)26-17-6-4-3-5-16(17)22(23,24)25/h3-10,13H,2,11-12H2,1H3,(H,26,28)/b18-13-. The Morgan fingerprint density at radius 2 is 1.84 bits per heavy atom. The van der Waals surface area contributed by atoms with Crippen LogP contribution in [0.2, 0.25) is 0 Å². The Morgan fingerprint density at radius 1 is 1.16 bits per heavy atom. The molecule has 0 aliphatic carbocycles. The number of rotatable bonds is 6. The lowest BCUT2D eigenvalue weighted by Crippen LogP contribution is -2.31. The molecule has 1 N–H and O–H groups in total. The van der Waals surface area contributed by atoms with Gasteiger partial charge < -0.3 is 5.32 Å². The molecule has 2 aromatic rings. The summed E-state index contributed by atoms with van der Waals surface area (Å²) in [6.45, 7) is 2.04. The summed E-state index contributed by atoms with van der Waals surface area (Å²) in [4.78, 5) is 26.6. The van der Waals surface area contributed by atoms with E-state index in [2.05, 4.69) is 12.2 Å². The molecule has 2 amide bonds. The van der Waals surface area contributed by atoms with Crippen LogP contribution in [-0.2, 0) is 22.2 Å². The predicted molar refractivity (Wildman–Crippen MR) is 120 cm³/mol. The zero-order valence-electron chi connectivity index (χ0n) is 16.5. The quantitative estimate of drug-likeness (QED) is 0.453. The van der Waals surface area contributed by atoms with E-state index in [4.69, 9.17) is 12.2 Å². The van der Waals surface area contributed by atoms with Gasteiger partial charge in [-0.1, -0.05) is 67.3 Å². The van der Waals surface area contributed by atoms with E-state index in [0.717, 1.165) is 29.8 Å². The normalized spacial score (nSPS) is 15.6. The minimum Gasteiger partial charge on any atom is -0.325 e. The molecule has 162 valence electrons. The van der Waals surface area contributed by atoms with Gasteiger partial charge in [-0.3, -0.25) is 14.5 Å². The fraction of sp³-hybridized carbons (Fsp3) is 0.227. The fourth-order valence-electron chi connectivity index (χ4n) is 2.96. The predicted octanol–water partition coefficient (Wildman–Crippen LogP) is 5.50. The number of amides is 2. The zero-order valence-corrected chi connectivity index (χ0v) is 18.2. The first-order chi connectivity index (χ1) is 14.7. The summed E-state index contributed by atoms with van der Waals surface area (Å²) < 4.78 is 39.5. The molecule has 0 unspecified atom stereocenters. The van der Waals surface area contributed by atoms with Crippen molar-refractivity contribution in [3.8, 4) is 0 Å². The van der Waals surface area contributed by atoms with Crippen molar-refractivity contribution in [2.45, 2.75) is 25.9 Å². The first kappa shape index (κ1) is 23.0. The Kier molecular flexibility index (Phi) is 7.17. The van der Waals surface area contributed by atoms with E-state index < -0.39 is 17.6 Å². The van der Waals surface area contributed by atoms with Gasteiger partial charge in [0.1, 0.15) is 4.32 Å². The van der Waals surface area contributed by atoms with Crippen LogP contribution in [-0.4, -0.2) is 27.6 Å². The number of thioether (sulfide) groups is 1. The van der Waals surface area contributed by atoms with Crippen molar-refractivity contribution in [3.05, 3.63) is 70.1 Å². The van der Waals surface area contributed by atoms with Crippen molar-refractivity contribution in [2.75, 3.05) is 11.9 Å². The van der Waals surface area contributed by atoms with Crippen molar-refractivity contribution in [2.24, 2.45) is 0 Å². The summed E-state index contributed by atoms with van der Waals surface area (Å²) in [6.07, 6.45) is -2.12. The summed E-state index contributed by atoms with van der Waals surface area (Å²) in [7, 11) is 0. The van der Waals surface area contributed by atoms with Crippen molar-refractivity contribution in [3.63, 3.8) is 0 Å². The number of hydrogen-bond donors (Lipinski definition) is 1. The fourth-order valence-corrected chi connectivity index (χ4v) is 4.27. The number of nitrogens with zero attached hydrogens (tertiary/aromatic N) is 1. The SMILES string of the molecule is CCc1ccc(/C=C2\SC(=S)N(CCC(=O)Nc3ccccc3C(F)(F)F)C2=O)cc1. The molecular formula is C22H19F3N2O2S2. The van der Waals surface area contributed by atoms with Gasteiger partial charge in [-0.25, -0.2) is 0 Å². The van der Waals surface area contributed by atoms with Crippen LogP contribution in [0.5, 0.6) is 0 Å². The van der Waals surface area contributed by atoms with E-state index in [1.165, 1.54) is 28.7 Å². The van der Waals surface area contributed by atoms with E-state index in [9.17, 15) is 22.8 Å². The molecule has 0 saturated carbocycles. The van der Waals surface area contributed by atoms with Gasteiger partial charge in [0.15, 0.2) is 0 Å². The average molecular weight is 465 g/mol. The Labute approximate surface area is 187 Å². The van der Waals surface area contributed by atoms with Gasteiger partial charge in [0.05, 0.1) is 16.2 Å². The zero-order chi connectivity index (χ0) is 22.6. The number of carbonyl (C=O) groups excluding carboxylic acids is 2. The lowest BCUT2D eigenvalue weighted by molar-refractivity contribution is -0.137. The minimum absolute atomic E-state index is 0.0171. The molecule has 1 saturated heterocycles. The number of benzene rings is 2. The lowest BCUT2D eigenvalue weighted by atomic mass is 10.1. The summed E-state index contributed by atoms with van der Waals surface area (Å²) >= 11 is 6.38. The molecule has 2 aromatic carbocycles. The lowest BCUT2D eigenvalue weighted by Gasteiger charge is -2.16. The highest BCUT2D eigenvalue weighted by Gasteiger charge is 2.34. The van der Waals surface area contributed by atoms with Crippen LogP contribution in [0.1, 0.15) is 30.0 Å². The number of halogens is 3. The maximum Gasteiger partial charge on any atom is 0.418 e. The molecule has 31 heavy (non-hydrogen) atoms. The van der Waals surface area contributed by atoms with E-state index in [1.54, 1.807) is 6.08 Å². The molecule has 1 aliphatic heterocycles. The van der Waals surface area contributed by atoms with Crippen molar-refractivity contribution in [1.82, 2.24) is 4.90 Å². The molecule has 9 heteroatoms. The van der Waals surface area contributed by atoms with Gasteiger partial charge in [-0.15, -0.1) is 0 Å². The molecule has 1 heterocycles. The van der Waals surface area contributed by atoms with Crippen LogP contribution < -0.4 is 5.32 Å². The third-order valence-corrected chi connectivity index (χ3v) is 6.01. The number of thiocarbonyl (C=S) groups is 1. The summed E-state index contributed by atoms with van der Waals surface area (Å²) in [6, 6.07) is 12.5. The molecule has 1 fully saturated rings. The maximum atomic E-state index is 13.1. The number of anilines is 1. The average Bonchev–Trinajstić information content (AvgIpc) is 2.99. The van der Waals surface area contributed by atoms with E-state index in [0.29, 0.717) is 9.23 Å². The third-order valence-electron chi connectivity index (χ3n) is 4.63. The Morgan fingerprint density at radius 3 is 2.48 bits per heavy atom. The Bertz CT molecular complexity index is 1030. The number of nitrogens with one attached hydrogen (secondary N) is 1. The van der Waals surface area contributed by atoms with Crippen LogP contribution in [0.25, 0.3) is 6.08 Å².